The van der Waals surface area contributed by atoms with Crippen LogP contribution in [0.5, 0.6) is 0 Å². The summed E-state index contributed by atoms with van der Waals surface area (Å²) < 4.78 is 48.9. The first-order chi connectivity index (χ1) is 12.4. The first-order valence-electron chi connectivity index (χ1n) is 8.90. The fraction of sp³-hybridized carbons (Fsp3) is 1.00. The molecule has 0 amide bonds. The van der Waals surface area contributed by atoms with Crippen molar-refractivity contribution in [2.75, 3.05) is 26.4 Å². The van der Waals surface area contributed by atoms with Crippen molar-refractivity contribution in [1.29, 1.82) is 0 Å². The molecule has 27 heavy (non-hydrogen) atoms. The molecular weight excluding hydrogens is 401 g/mol. The maximum absolute atomic E-state index is 12.1. The molecule has 1 rings (SSSR count). The second-order valence-electron chi connectivity index (χ2n) is 7.48. The van der Waals surface area contributed by atoms with E-state index in [0.717, 1.165) is 0 Å². The van der Waals surface area contributed by atoms with Gasteiger partial charge in [0, 0.05) is 12.6 Å². The minimum atomic E-state index is -4.30. The van der Waals surface area contributed by atoms with Crippen LogP contribution in [0.15, 0.2) is 0 Å². The van der Waals surface area contributed by atoms with Gasteiger partial charge in [0.25, 0.3) is 0 Å². The minimum Gasteiger partial charge on any atom is -0.396 e. The highest BCUT2D eigenvalue weighted by Crippen LogP contribution is 2.49. The molecule has 1 saturated heterocycles. The van der Waals surface area contributed by atoms with Crippen LogP contribution in [0.25, 0.3) is 0 Å². The standard InChI is InChI=1S/C14H31BO10P2/c1-14(2,3)13-11(10-12(15)24-13)25-27(19,20)23-9-5-8-22-26(17,18)21-7-4-6-16/h11-13,16H,4-10,15H2,1-3H3,(H,17,18)(H,19,20). The van der Waals surface area contributed by atoms with Gasteiger partial charge in [-0.15, -0.1) is 0 Å². The van der Waals surface area contributed by atoms with Crippen molar-refractivity contribution in [1.82, 2.24) is 0 Å². The smallest absolute Gasteiger partial charge is 0.396 e. The zero-order chi connectivity index (χ0) is 20.7. The summed E-state index contributed by atoms with van der Waals surface area (Å²) in [5, 5.41) is 8.58. The van der Waals surface area contributed by atoms with Crippen LogP contribution in [-0.4, -0.2) is 67.4 Å². The van der Waals surface area contributed by atoms with Gasteiger partial charge in [-0.3, -0.25) is 18.1 Å². The summed E-state index contributed by atoms with van der Waals surface area (Å²) in [4.78, 5) is 19.3. The van der Waals surface area contributed by atoms with Crippen molar-refractivity contribution >= 4 is 23.5 Å². The number of hydrogen-bond donors (Lipinski definition) is 3. The third kappa shape index (κ3) is 9.99. The van der Waals surface area contributed by atoms with Crippen LogP contribution in [0.4, 0.5) is 0 Å². The molecule has 1 aliphatic heterocycles. The molecular formula is C14H31BO10P2. The van der Waals surface area contributed by atoms with E-state index in [-0.39, 0.29) is 56.8 Å². The lowest BCUT2D eigenvalue weighted by Gasteiger charge is -2.31. The Balaban J connectivity index is 2.35. The summed E-state index contributed by atoms with van der Waals surface area (Å²) in [6.45, 7) is 5.19. The highest BCUT2D eigenvalue weighted by molar-refractivity contribution is 7.47. The van der Waals surface area contributed by atoms with Crippen LogP contribution < -0.4 is 0 Å². The van der Waals surface area contributed by atoms with Gasteiger partial charge in [0.05, 0.1) is 32.0 Å². The van der Waals surface area contributed by atoms with Crippen molar-refractivity contribution < 1.29 is 46.9 Å². The summed E-state index contributed by atoms with van der Waals surface area (Å²) in [6.07, 6.45) is -0.123. The number of hydrogen-bond acceptors (Lipinski definition) is 8. The van der Waals surface area contributed by atoms with E-state index in [2.05, 4.69) is 4.52 Å². The zero-order valence-corrected chi connectivity index (χ0v) is 18.1. The second-order valence-corrected chi connectivity index (χ2v) is 10.3. The SMILES string of the molecule is BC1CC(OP(=O)(O)OCCCOP(=O)(O)OCCCO)C(C(C)(C)C)O1. The number of phosphoric acid groups is 2. The second kappa shape index (κ2) is 10.8. The van der Waals surface area contributed by atoms with Gasteiger partial charge in [0.15, 0.2) is 0 Å². The van der Waals surface area contributed by atoms with Crippen molar-refractivity contribution in [3.63, 3.8) is 0 Å². The number of ether oxygens (including phenoxy) is 1. The van der Waals surface area contributed by atoms with E-state index in [1.54, 1.807) is 0 Å². The van der Waals surface area contributed by atoms with Crippen LogP contribution in [-0.2, 0) is 32.0 Å². The van der Waals surface area contributed by atoms with Gasteiger partial charge in [-0.2, -0.15) is 0 Å². The maximum atomic E-state index is 12.1. The van der Waals surface area contributed by atoms with Crippen molar-refractivity contribution in [3.8, 4) is 0 Å². The Kier molecular flexibility index (Phi) is 10.1. The molecule has 13 heteroatoms. The average molecular weight is 432 g/mol. The van der Waals surface area contributed by atoms with Gasteiger partial charge >= 0.3 is 15.6 Å². The first kappa shape index (κ1) is 25.2. The Hall–Kier alpha value is 0.205. The summed E-state index contributed by atoms with van der Waals surface area (Å²) in [5.74, 6) is 0. The molecule has 0 aromatic heterocycles. The lowest BCUT2D eigenvalue weighted by Crippen LogP contribution is -2.36. The van der Waals surface area contributed by atoms with E-state index in [4.69, 9.17) is 23.4 Å². The lowest BCUT2D eigenvalue weighted by atomic mass is 9.85. The third-order valence-corrected chi connectivity index (χ3v) is 5.82. The van der Waals surface area contributed by atoms with Crippen molar-refractivity contribution in [3.05, 3.63) is 0 Å². The van der Waals surface area contributed by atoms with Crippen molar-refractivity contribution in [2.24, 2.45) is 5.41 Å². The molecule has 1 aliphatic rings. The van der Waals surface area contributed by atoms with Crippen LogP contribution in [0.1, 0.15) is 40.0 Å². The third-order valence-electron chi connectivity index (χ3n) is 3.76. The molecule has 0 radical (unpaired) electrons. The van der Waals surface area contributed by atoms with E-state index in [1.807, 2.05) is 28.6 Å². The summed E-state index contributed by atoms with van der Waals surface area (Å²) in [6, 6.07) is -0.0860. The number of phosphoric ester groups is 2. The van der Waals surface area contributed by atoms with Crippen LogP contribution in [0.2, 0.25) is 0 Å². The van der Waals surface area contributed by atoms with E-state index >= 15 is 0 Å². The number of rotatable bonds is 12. The Morgan fingerprint density at radius 3 is 2.07 bits per heavy atom. The summed E-state index contributed by atoms with van der Waals surface area (Å²) in [7, 11) is -6.64. The monoisotopic (exact) mass is 432 g/mol. The molecule has 0 saturated carbocycles. The molecule has 0 aromatic carbocycles. The molecule has 3 N–H and O–H groups in total. The highest BCUT2D eigenvalue weighted by Gasteiger charge is 2.44. The minimum absolute atomic E-state index is 0.0854. The van der Waals surface area contributed by atoms with E-state index < -0.39 is 21.7 Å². The normalized spacial score (nSPS) is 28.0. The Bertz CT molecular complexity index is 540. The number of aliphatic hydroxyl groups is 1. The molecule has 1 fully saturated rings. The van der Waals surface area contributed by atoms with E-state index in [9.17, 15) is 18.9 Å². The highest BCUT2D eigenvalue weighted by atomic mass is 31.2. The van der Waals surface area contributed by atoms with Gasteiger partial charge in [-0.1, -0.05) is 20.8 Å². The average Bonchev–Trinajstić information content (AvgIpc) is 2.86. The summed E-state index contributed by atoms with van der Waals surface area (Å²) in [5.41, 5.74) is -0.262. The predicted molar refractivity (Wildman–Crippen MR) is 100.0 cm³/mol. The fourth-order valence-corrected chi connectivity index (χ4v) is 4.36. The number of aliphatic hydroxyl groups excluding tert-OH is 1. The van der Waals surface area contributed by atoms with Gasteiger partial charge in [0.1, 0.15) is 7.85 Å². The molecule has 1 heterocycles. The van der Waals surface area contributed by atoms with Crippen LogP contribution in [0, 0.1) is 5.41 Å². The molecule has 5 atom stereocenters. The Labute approximate surface area is 161 Å². The molecule has 10 nitrogen and oxygen atoms in total. The molecule has 0 aromatic rings. The van der Waals surface area contributed by atoms with Gasteiger partial charge in [-0.25, -0.2) is 9.13 Å². The summed E-state index contributed by atoms with van der Waals surface area (Å²) >= 11 is 0. The molecule has 5 unspecified atom stereocenters. The topological polar surface area (TPSA) is 141 Å². The van der Waals surface area contributed by atoms with Gasteiger partial charge in [0.2, 0.25) is 0 Å². The Morgan fingerprint density at radius 1 is 1.04 bits per heavy atom. The first-order valence-corrected chi connectivity index (χ1v) is 11.9. The molecule has 0 aliphatic carbocycles. The van der Waals surface area contributed by atoms with E-state index in [1.165, 1.54) is 0 Å². The zero-order valence-electron chi connectivity index (χ0n) is 16.3. The fourth-order valence-electron chi connectivity index (χ4n) is 2.61. The molecule has 0 bridgehead atoms. The maximum Gasteiger partial charge on any atom is 0.472 e. The largest absolute Gasteiger partial charge is 0.472 e. The molecule has 0 spiro atoms. The van der Waals surface area contributed by atoms with Crippen LogP contribution in [0.3, 0.4) is 0 Å². The van der Waals surface area contributed by atoms with E-state index in [0.29, 0.717) is 6.42 Å². The van der Waals surface area contributed by atoms with Gasteiger partial charge < -0.3 is 19.6 Å². The Morgan fingerprint density at radius 2 is 1.56 bits per heavy atom. The quantitative estimate of drug-likeness (QED) is 0.234. The van der Waals surface area contributed by atoms with Crippen LogP contribution >= 0.6 is 15.6 Å². The lowest BCUT2D eigenvalue weighted by molar-refractivity contribution is -0.0366. The molecule has 160 valence electrons. The van der Waals surface area contributed by atoms with Crippen molar-refractivity contribution in [2.45, 2.75) is 58.2 Å². The van der Waals surface area contributed by atoms with Gasteiger partial charge in [-0.05, 0) is 24.7 Å². The predicted octanol–water partition coefficient (Wildman–Crippen LogP) is 1.19.